The lowest BCUT2D eigenvalue weighted by Crippen LogP contribution is -2.41. The predicted molar refractivity (Wildman–Crippen MR) is 82.7 cm³/mol. The number of carbonyl (C=O) groups is 1. The second-order valence-corrected chi connectivity index (χ2v) is 6.58. The Morgan fingerprint density at radius 1 is 1.19 bits per heavy atom. The Bertz CT molecular complexity index is 578. The van der Waals surface area contributed by atoms with Gasteiger partial charge >= 0.3 is 0 Å². The summed E-state index contributed by atoms with van der Waals surface area (Å²) >= 11 is 5.84. The topological polar surface area (TPSA) is 53.2 Å². The van der Waals surface area contributed by atoms with E-state index in [4.69, 9.17) is 11.6 Å². The number of aromatic amines is 1. The number of likely N-dealkylation sites (tertiary alicyclic amines) is 1. The van der Waals surface area contributed by atoms with Gasteiger partial charge in [-0.3, -0.25) is 9.59 Å². The Morgan fingerprint density at radius 2 is 1.95 bits per heavy atom. The second kappa shape index (κ2) is 6.22. The van der Waals surface area contributed by atoms with Crippen LogP contribution < -0.4 is 5.56 Å². The molecule has 2 aliphatic rings. The fourth-order valence-corrected chi connectivity index (χ4v) is 3.97. The Kier molecular flexibility index (Phi) is 4.34. The van der Waals surface area contributed by atoms with Crippen LogP contribution in [0.1, 0.15) is 55.3 Å². The third-order valence-corrected chi connectivity index (χ3v) is 5.14. The van der Waals surface area contributed by atoms with Crippen molar-refractivity contribution in [2.45, 2.75) is 51.0 Å². The van der Waals surface area contributed by atoms with Crippen molar-refractivity contribution in [3.63, 3.8) is 0 Å². The minimum absolute atomic E-state index is 0.00113. The van der Waals surface area contributed by atoms with Gasteiger partial charge in [0, 0.05) is 18.8 Å². The van der Waals surface area contributed by atoms with Crippen molar-refractivity contribution in [3.05, 3.63) is 33.2 Å². The lowest BCUT2D eigenvalue weighted by molar-refractivity contribution is 0.0661. The number of aromatic nitrogens is 1. The first-order chi connectivity index (χ1) is 10.2. The van der Waals surface area contributed by atoms with Crippen molar-refractivity contribution in [3.8, 4) is 0 Å². The summed E-state index contributed by atoms with van der Waals surface area (Å²) in [6.45, 7) is 0.816. The number of nitrogens with zero attached hydrogens (tertiary/aromatic N) is 1. The maximum Gasteiger partial charge on any atom is 0.266 e. The standard InChI is InChI=1S/C16H21ClN2O2/c17-13-9-12(10-18-15(13)20)16(21)19-8-4-7-14(19)11-5-2-1-3-6-11/h9-11,14H,1-8H2,(H,18,20). The molecule has 1 unspecified atom stereocenters. The zero-order valence-electron chi connectivity index (χ0n) is 12.1. The number of halogens is 1. The van der Waals surface area contributed by atoms with Crippen LogP contribution in [-0.2, 0) is 0 Å². The van der Waals surface area contributed by atoms with Crippen molar-refractivity contribution < 1.29 is 4.79 Å². The molecule has 1 saturated carbocycles. The largest absolute Gasteiger partial charge is 0.335 e. The highest BCUT2D eigenvalue weighted by molar-refractivity contribution is 6.30. The lowest BCUT2D eigenvalue weighted by Gasteiger charge is -2.34. The molecule has 0 radical (unpaired) electrons. The van der Waals surface area contributed by atoms with Crippen LogP contribution in [-0.4, -0.2) is 28.4 Å². The highest BCUT2D eigenvalue weighted by Gasteiger charge is 2.35. The van der Waals surface area contributed by atoms with Crippen molar-refractivity contribution in [1.29, 1.82) is 0 Å². The summed E-state index contributed by atoms with van der Waals surface area (Å²) < 4.78 is 0. The molecule has 1 aliphatic carbocycles. The zero-order chi connectivity index (χ0) is 14.8. The van der Waals surface area contributed by atoms with E-state index in [-0.39, 0.29) is 16.5 Å². The summed E-state index contributed by atoms with van der Waals surface area (Å²) in [5.41, 5.74) is 0.140. The van der Waals surface area contributed by atoms with Crippen molar-refractivity contribution in [1.82, 2.24) is 9.88 Å². The van der Waals surface area contributed by atoms with E-state index in [9.17, 15) is 9.59 Å². The van der Waals surface area contributed by atoms with E-state index < -0.39 is 0 Å². The van der Waals surface area contributed by atoms with Crippen LogP contribution >= 0.6 is 11.6 Å². The number of rotatable bonds is 2. The Morgan fingerprint density at radius 3 is 2.67 bits per heavy atom. The molecular weight excluding hydrogens is 288 g/mol. The lowest BCUT2D eigenvalue weighted by atomic mass is 9.83. The summed E-state index contributed by atoms with van der Waals surface area (Å²) in [6.07, 6.45) is 10.0. The van der Waals surface area contributed by atoms with Crippen LogP contribution in [0, 0.1) is 5.92 Å². The van der Waals surface area contributed by atoms with E-state index in [2.05, 4.69) is 4.98 Å². The van der Waals surface area contributed by atoms with Gasteiger partial charge in [-0.15, -0.1) is 0 Å². The van der Waals surface area contributed by atoms with Crippen molar-refractivity contribution >= 4 is 17.5 Å². The average molecular weight is 309 g/mol. The first-order valence-electron chi connectivity index (χ1n) is 7.86. The normalized spacial score (nSPS) is 23.5. The van der Waals surface area contributed by atoms with Crippen LogP contribution in [0.4, 0.5) is 0 Å². The molecule has 0 aromatic carbocycles. The first kappa shape index (κ1) is 14.6. The molecule has 1 aromatic rings. The minimum atomic E-state index is -0.349. The van der Waals surface area contributed by atoms with Gasteiger partial charge in [-0.2, -0.15) is 0 Å². The molecule has 5 heteroatoms. The fourth-order valence-electron chi connectivity index (χ4n) is 3.80. The van der Waals surface area contributed by atoms with E-state index >= 15 is 0 Å². The third kappa shape index (κ3) is 3.00. The number of nitrogens with one attached hydrogen (secondary N) is 1. The Balaban J connectivity index is 1.78. The Hall–Kier alpha value is -1.29. The van der Waals surface area contributed by atoms with Crippen LogP contribution in [0.25, 0.3) is 0 Å². The van der Waals surface area contributed by atoms with Gasteiger partial charge in [-0.25, -0.2) is 0 Å². The monoisotopic (exact) mass is 308 g/mol. The van der Waals surface area contributed by atoms with Crippen LogP contribution in [0.3, 0.4) is 0 Å². The molecule has 1 aliphatic heterocycles. The number of amides is 1. The molecule has 2 fully saturated rings. The maximum atomic E-state index is 12.7. The van der Waals surface area contributed by atoms with Crippen molar-refractivity contribution in [2.24, 2.45) is 5.92 Å². The molecule has 1 aromatic heterocycles. The van der Waals surface area contributed by atoms with Gasteiger partial charge in [-0.05, 0) is 37.7 Å². The van der Waals surface area contributed by atoms with Gasteiger partial charge in [0.2, 0.25) is 0 Å². The summed E-state index contributed by atoms with van der Waals surface area (Å²) in [4.78, 5) is 28.6. The van der Waals surface area contributed by atoms with Gasteiger partial charge in [0.05, 0.1) is 5.56 Å². The highest BCUT2D eigenvalue weighted by Crippen LogP contribution is 2.34. The molecule has 21 heavy (non-hydrogen) atoms. The highest BCUT2D eigenvalue weighted by atomic mass is 35.5. The first-order valence-corrected chi connectivity index (χ1v) is 8.24. The molecule has 1 amide bonds. The molecule has 1 N–H and O–H groups in total. The molecule has 114 valence electrons. The van der Waals surface area contributed by atoms with E-state index in [0.29, 0.717) is 17.5 Å². The molecular formula is C16H21ClN2O2. The smallest absolute Gasteiger partial charge is 0.266 e. The number of H-pyrrole nitrogens is 1. The summed E-state index contributed by atoms with van der Waals surface area (Å²) in [5, 5.41) is 0.0780. The van der Waals surface area contributed by atoms with E-state index in [1.807, 2.05) is 4.90 Å². The molecule has 1 atom stereocenters. The summed E-state index contributed by atoms with van der Waals surface area (Å²) in [7, 11) is 0. The molecule has 4 nitrogen and oxygen atoms in total. The molecule has 1 saturated heterocycles. The number of hydrogen-bond donors (Lipinski definition) is 1. The second-order valence-electron chi connectivity index (χ2n) is 6.17. The quantitative estimate of drug-likeness (QED) is 0.912. The number of carbonyl (C=O) groups excluding carboxylic acids is 1. The van der Waals surface area contributed by atoms with Gasteiger partial charge in [-0.1, -0.05) is 30.9 Å². The minimum Gasteiger partial charge on any atom is -0.335 e. The molecule has 2 heterocycles. The van der Waals surface area contributed by atoms with Crippen LogP contribution in [0.2, 0.25) is 5.02 Å². The van der Waals surface area contributed by atoms with Crippen LogP contribution in [0.15, 0.2) is 17.1 Å². The number of pyridine rings is 1. The van der Waals surface area contributed by atoms with E-state index in [1.165, 1.54) is 44.4 Å². The maximum absolute atomic E-state index is 12.7. The van der Waals surface area contributed by atoms with Gasteiger partial charge in [0.15, 0.2) is 0 Å². The summed E-state index contributed by atoms with van der Waals surface area (Å²) in [5.74, 6) is 0.643. The average Bonchev–Trinajstić information content (AvgIpc) is 2.99. The van der Waals surface area contributed by atoms with Gasteiger partial charge in [0.1, 0.15) is 5.02 Å². The van der Waals surface area contributed by atoms with Crippen LogP contribution in [0.5, 0.6) is 0 Å². The fraction of sp³-hybridized carbons (Fsp3) is 0.625. The van der Waals surface area contributed by atoms with E-state index in [1.54, 1.807) is 0 Å². The third-order valence-electron chi connectivity index (χ3n) is 4.86. The summed E-state index contributed by atoms with van der Waals surface area (Å²) in [6, 6.07) is 1.85. The molecule has 0 bridgehead atoms. The van der Waals surface area contributed by atoms with Gasteiger partial charge < -0.3 is 9.88 Å². The zero-order valence-corrected chi connectivity index (χ0v) is 12.9. The van der Waals surface area contributed by atoms with Gasteiger partial charge in [0.25, 0.3) is 11.5 Å². The predicted octanol–water partition coefficient (Wildman–Crippen LogP) is 3.21. The molecule has 3 rings (SSSR count). The SMILES string of the molecule is O=C(c1c[nH]c(=O)c(Cl)c1)N1CCCC1C1CCCCC1. The van der Waals surface area contributed by atoms with Crippen molar-refractivity contribution in [2.75, 3.05) is 6.54 Å². The number of hydrogen-bond acceptors (Lipinski definition) is 2. The van der Waals surface area contributed by atoms with E-state index in [0.717, 1.165) is 19.4 Å². The molecule has 0 spiro atoms. The Labute approximate surface area is 129 Å².